The Hall–Kier alpha value is -1.57. The molecule has 84 valence electrons. The zero-order valence-corrected chi connectivity index (χ0v) is 10.3. The molecule has 2 rings (SSSR count). The van der Waals surface area contributed by atoms with Gasteiger partial charge in [0.15, 0.2) is 18.4 Å². The molecule has 16 heavy (non-hydrogen) atoms. The molecule has 2 nitrogen and oxygen atoms in total. The van der Waals surface area contributed by atoms with Crippen LogP contribution in [0.4, 0.5) is 0 Å². The summed E-state index contributed by atoms with van der Waals surface area (Å²) in [6.07, 6.45) is 4.20. The molecular formula is C14H18NO+. The highest BCUT2D eigenvalue weighted by molar-refractivity contribution is 5.87. The minimum Gasteiger partial charge on any atom is -0.507 e. The van der Waals surface area contributed by atoms with E-state index in [1.807, 2.05) is 19.9 Å². The van der Waals surface area contributed by atoms with Crippen molar-refractivity contribution in [3.63, 3.8) is 0 Å². The molecule has 0 aliphatic heterocycles. The van der Waals surface area contributed by atoms with Crippen LogP contribution < -0.4 is 4.57 Å². The van der Waals surface area contributed by atoms with Gasteiger partial charge < -0.3 is 5.11 Å². The summed E-state index contributed by atoms with van der Waals surface area (Å²) >= 11 is 0. The second-order valence-electron chi connectivity index (χ2n) is 4.66. The summed E-state index contributed by atoms with van der Waals surface area (Å²) in [6, 6.07) is 4.57. The van der Waals surface area contributed by atoms with Crippen LogP contribution in [-0.2, 0) is 0 Å². The van der Waals surface area contributed by atoms with E-state index in [0.29, 0.717) is 11.8 Å². The number of hydrogen-bond donors (Lipinski definition) is 1. The van der Waals surface area contributed by atoms with Gasteiger partial charge in [0.05, 0.1) is 0 Å². The summed E-state index contributed by atoms with van der Waals surface area (Å²) in [5.74, 6) is 0.412. The van der Waals surface area contributed by atoms with Crippen molar-refractivity contribution in [2.75, 3.05) is 0 Å². The number of phenolic OH excluding ortho intramolecular Hbond substituents is 1. The summed E-state index contributed by atoms with van der Waals surface area (Å²) in [5.41, 5.74) is 1.90. The Labute approximate surface area is 96.2 Å². The number of aryl methyl sites for hydroxylation is 2. The van der Waals surface area contributed by atoms with Gasteiger partial charge in [-0.15, -0.1) is 0 Å². The normalized spacial score (nSPS) is 11.3. The first kappa shape index (κ1) is 10.9. The van der Waals surface area contributed by atoms with Crippen LogP contribution in [0.3, 0.4) is 0 Å². The van der Waals surface area contributed by atoms with Crippen molar-refractivity contribution in [1.29, 1.82) is 0 Å². The van der Waals surface area contributed by atoms with Crippen molar-refractivity contribution in [3.8, 4) is 5.75 Å². The molecule has 0 aliphatic carbocycles. The zero-order valence-electron chi connectivity index (χ0n) is 10.3. The van der Waals surface area contributed by atoms with Crippen molar-refractivity contribution in [2.45, 2.75) is 33.7 Å². The minimum atomic E-state index is 0.412. The van der Waals surface area contributed by atoms with E-state index in [2.05, 4.69) is 36.9 Å². The first-order chi connectivity index (χ1) is 7.50. The molecule has 0 bridgehead atoms. The topological polar surface area (TPSA) is 24.1 Å². The standard InChI is InChI=1S/C14H17NO/c1-9(2)15-6-5-13-11(4)14(16)10(3)7-12(13)8-15/h5-9H,1-4H3/p+1. The number of phenols is 1. The van der Waals surface area contributed by atoms with E-state index in [1.165, 1.54) is 5.39 Å². The summed E-state index contributed by atoms with van der Waals surface area (Å²) < 4.78 is 2.18. The molecule has 0 radical (unpaired) electrons. The Bertz CT molecular complexity index is 544. The summed E-state index contributed by atoms with van der Waals surface area (Å²) in [4.78, 5) is 0. The van der Waals surface area contributed by atoms with Crippen LogP contribution in [0.1, 0.15) is 31.0 Å². The molecule has 0 atom stereocenters. The van der Waals surface area contributed by atoms with Crippen LogP contribution in [0.2, 0.25) is 0 Å². The number of pyridine rings is 1. The Morgan fingerprint density at radius 2 is 1.94 bits per heavy atom. The molecule has 0 spiro atoms. The lowest BCUT2D eigenvalue weighted by Gasteiger charge is -2.08. The minimum absolute atomic E-state index is 0.412. The molecule has 0 unspecified atom stereocenters. The van der Waals surface area contributed by atoms with Crippen LogP contribution in [0, 0.1) is 13.8 Å². The quantitative estimate of drug-likeness (QED) is 0.728. The number of aromatic hydroxyl groups is 1. The largest absolute Gasteiger partial charge is 0.507 e. The summed E-state index contributed by atoms with van der Waals surface area (Å²) in [7, 11) is 0. The average Bonchev–Trinajstić information content (AvgIpc) is 2.25. The predicted molar refractivity (Wildman–Crippen MR) is 65.7 cm³/mol. The van der Waals surface area contributed by atoms with E-state index in [1.54, 1.807) is 0 Å². The number of hydrogen-bond acceptors (Lipinski definition) is 1. The van der Waals surface area contributed by atoms with Gasteiger partial charge >= 0.3 is 0 Å². The van der Waals surface area contributed by atoms with Crippen molar-refractivity contribution in [2.24, 2.45) is 0 Å². The molecule has 1 aromatic heterocycles. The number of fused-ring (bicyclic) bond motifs is 1. The highest BCUT2D eigenvalue weighted by atomic mass is 16.3. The van der Waals surface area contributed by atoms with Gasteiger partial charge in [-0.1, -0.05) is 0 Å². The SMILES string of the molecule is Cc1cc2c[n+](C(C)C)ccc2c(C)c1O. The molecule has 0 aliphatic rings. The lowest BCUT2D eigenvalue weighted by molar-refractivity contribution is -0.715. The van der Waals surface area contributed by atoms with Gasteiger partial charge in [0.2, 0.25) is 0 Å². The number of nitrogens with zero attached hydrogens (tertiary/aromatic N) is 1. The Morgan fingerprint density at radius 3 is 2.56 bits per heavy atom. The third kappa shape index (κ3) is 1.64. The molecule has 2 heteroatoms. The average molecular weight is 216 g/mol. The van der Waals surface area contributed by atoms with E-state index in [-0.39, 0.29) is 0 Å². The first-order valence-electron chi connectivity index (χ1n) is 5.64. The first-order valence-corrected chi connectivity index (χ1v) is 5.64. The Balaban J connectivity index is 2.76. The molecule has 1 heterocycles. The smallest absolute Gasteiger partial charge is 0.176 e. The van der Waals surface area contributed by atoms with Gasteiger partial charge in [-0.05, 0) is 44.9 Å². The fraction of sp³-hybridized carbons (Fsp3) is 0.357. The lowest BCUT2D eigenvalue weighted by atomic mass is 10.0. The van der Waals surface area contributed by atoms with E-state index >= 15 is 0 Å². The number of aromatic nitrogens is 1. The van der Waals surface area contributed by atoms with Crippen molar-refractivity contribution in [1.82, 2.24) is 0 Å². The van der Waals surface area contributed by atoms with Gasteiger partial charge in [-0.3, -0.25) is 0 Å². The third-order valence-electron chi connectivity index (χ3n) is 3.11. The van der Waals surface area contributed by atoms with Gasteiger partial charge in [0, 0.05) is 16.8 Å². The van der Waals surface area contributed by atoms with Crippen molar-refractivity contribution < 1.29 is 9.67 Å². The number of rotatable bonds is 1. The summed E-state index contributed by atoms with van der Waals surface area (Å²) in [5, 5.41) is 12.2. The summed E-state index contributed by atoms with van der Waals surface area (Å²) in [6.45, 7) is 8.22. The van der Waals surface area contributed by atoms with E-state index in [0.717, 1.165) is 16.5 Å². The molecular weight excluding hydrogens is 198 g/mol. The van der Waals surface area contributed by atoms with E-state index in [4.69, 9.17) is 0 Å². The van der Waals surface area contributed by atoms with Crippen LogP contribution in [0.15, 0.2) is 24.5 Å². The second-order valence-corrected chi connectivity index (χ2v) is 4.66. The molecule has 0 saturated carbocycles. The molecule has 2 aromatic rings. The maximum atomic E-state index is 9.88. The van der Waals surface area contributed by atoms with Crippen LogP contribution in [-0.4, -0.2) is 5.11 Å². The second kappa shape index (κ2) is 3.78. The molecule has 1 N–H and O–H groups in total. The van der Waals surface area contributed by atoms with Gasteiger partial charge in [0.1, 0.15) is 5.75 Å². The zero-order chi connectivity index (χ0) is 11.9. The fourth-order valence-electron chi connectivity index (χ4n) is 2.03. The Morgan fingerprint density at radius 1 is 1.25 bits per heavy atom. The van der Waals surface area contributed by atoms with Crippen molar-refractivity contribution in [3.05, 3.63) is 35.7 Å². The van der Waals surface area contributed by atoms with E-state index in [9.17, 15) is 5.11 Å². The number of benzene rings is 1. The molecule has 0 fully saturated rings. The molecule has 1 aromatic carbocycles. The van der Waals surface area contributed by atoms with Crippen molar-refractivity contribution >= 4 is 10.8 Å². The maximum absolute atomic E-state index is 9.88. The lowest BCUT2D eigenvalue weighted by Crippen LogP contribution is -2.34. The van der Waals surface area contributed by atoms with Crippen LogP contribution in [0.5, 0.6) is 5.75 Å². The molecule has 0 amide bonds. The molecule has 0 saturated heterocycles. The maximum Gasteiger partial charge on any atom is 0.176 e. The van der Waals surface area contributed by atoms with Gasteiger partial charge in [0.25, 0.3) is 0 Å². The monoisotopic (exact) mass is 216 g/mol. The highest BCUT2D eigenvalue weighted by Crippen LogP contribution is 2.29. The van der Waals surface area contributed by atoms with Crippen LogP contribution >= 0.6 is 0 Å². The highest BCUT2D eigenvalue weighted by Gasteiger charge is 2.11. The van der Waals surface area contributed by atoms with Gasteiger partial charge in [-0.25, -0.2) is 4.57 Å². The third-order valence-corrected chi connectivity index (χ3v) is 3.11. The fourth-order valence-corrected chi connectivity index (χ4v) is 2.03. The predicted octanol–water partition coefficient (Wildman–Crippen LogP) is 3.03. The Kier molecular flexibility index (Phi) is 2.58. The van der Waals surface area contributed by atoms with Crippen LogP contribution in [0.25, 0.3) is 10.8 Å². The van der Waals surface area contributed by atoms with E-state index < -0.39 is 0 Å². The van der Waals surface area contributed by atoms with Gasteiger partial charge in [-0.2, -0.15) is 0 Å².